The van der Waals surface area contributed by atoms with Crippen LogP contribution in [0, 0.1) is 0 Å². The Morgan fingerprint density at radius 3 is 1.88 bits per heavy atom. The van der Waals surface area contributed by atoms with Crippen molar-refractivity contribution in [1.82, 2.24) is 28.7 Å². The summed E-state index contributed by atoms with van der Waals surface area (Å²) in [6.45, 7) is 0. The fourth-order valence-corrected chi connectivity index (χ4v) is 7.59. The highest BCUT2D eigenvalue weighted by atomic mass is 15.3. The van der Waals surface area contributed by atoms with Crippen molar-refractivity contribution in [2.24, 2.45) is 7.05 Å². The lowest BCUT2D eigenvalue weighted by molar-refractivity contribution is 0.866. The Labute approximate surface area is 276 Å². The second-order valence-electron chi connectivity index (χ2n) is 12.5. The minimum absolute atomic E-state index is 0.687. The van der Waals surface area contributed by atoms with Gasteiger partial charge in [-0.05, 0) is 42.7 Å². The molecule has 0 atom stereocenters. The standard InChI is InChI=1S/C42H30N6/c1-46-39-36(27-15-5-2-6-16-27)43-40(28-17-7-3-8-18-28)44-41(39)45-42(46)48-35-24-14-12-22-31(35)33-26-25-32-30-21-11-13-23-34(30)47(37(32)38(33)48)29-19-9-4-10-20-29/h2-5,7-15,17-26H,6,16H2,1H3. The van der Waals surface area contributed by atoms with Crippen LogP contribution in [0.15, 0.2) is 140 Å². The molecule has 228 valence electrons. The number of rotatable bonds is 4. The maximum absolute atomic E-state index is 5.38. The number of fused-ring (bicyclic) bond motifs is 8. The van der Waals surface area contributed by atoms with Gasteiger partial charge in [0.1, 0.15) is 5.52 Å². The Morgan fingerprint density at radius 1 is 0.562 bits per heavy atom. The molecule has 0 unspecified atom stereocenters. The lowest BCUT2D eigenvalue weighted by atomic mass is 10.0. The van der Waals surface area contributed by atoms with E-state index in [9.17, 15) is 0 Å². The van der Waals surface area contributed by atoms with Gasteiger partial charge >= 0.3 is 0 Å². The molecule has 1 aliphatic rings. The second-order valence-corrected chi connectivity index (χ2v) is 12.5. The number of hydrogen-bond acceptors (Lipinski definition) is 3. The molecule has 0 N–H and O–H groups in total. The Bertz CT molecular complexity index is 2780. The topological polar surface area (TPSA) is 53.5 Å². The van der Waals surface area contributed by atoms with Gasteiger partial charge in [0.25, 0.3) is 0 Å². The third kappa shape index (κ3) is 3.83. The fraction of sp³-hybridized carbons (Fsp3) is 0.0714. The zero-order valence-corrected chi connectivity index (χ0v) is 26.4. The molecule has 0 bridgehead atoms. The Balaban J connectivity index is 1.37. The average molecular weight is 619 g/mol. The number of allylic oxidation sites excluding steroid dienone is 4. The normalized spacial score (nSPS) is 13.4. The van der Waals surface area contributed by atoms with E-state index >= 15 is 0 Å². The summed E-state index contributed by atoms with van der Waals surface area (Å²) in [4.78, 5) is 15.7. The molecule has 0 amide bonds. The third-order valence-electron chi connectivity index (χ3n) is 9.74. The number of para-hydroxylation sites is 3. The van der Waals surface area contributed by atoms with Crippen molar-refractivity contribution in [3.05, 3.63) is 145 Å². The van der Waals surface area contributed by atoms with Crippen LogP contribution in [0.2, 0.25) is 0 Å². The summed E-state index contributed by atoms with van der Waals surface area (Å²) in [5, 5.41) is 4.79. The predicted octanol–water partition coefficient (Wildman–Crippen LogP) is 9.96. The first-order valence-corrected chi connectivity index (χ1v) is 16.4. The molecule has 6 heteroatoms. The van der Waals surface area contributed by atoms with Gasteiger partial charge in [-0.3, -0.25) is 4.57 Å². The van der Waals surface area contributed by atoms with Crippen molar-refractivity contribution >= 4 is 60.3 Å². The molecule has 5 aromatic carbocycles. The summed E-state index contributed by atoms with van der Waals surface area (Å²) in [6, 6.07) is 42.8. The molecule has 0 saturated heterocycles. The van der Waals surface area contributed by atoms with Gasteiger partial charge in [0, 0.05) is 39.8 Å². The van der Waals surface area contributed by atoms with Gasteiger partial charge in [0.15, 0.2) is 11.5 Å². The first-order valence-electron chi connectivity index (χ1n) is 16.4. The lowest BCUT2D eigenvalue weighted by Crippen LogP contribution is -2.06. The number of imidazole rings is 1. The van der Waals surface area contributed by atoms with Gasteiger partial charge in [0.05, 0.1) is 27.8 Å². The molecule has 4 aromatic heterocycles. The molecule has 9 aromatic rings. The van der Waals surface area contributed by atoms with Crippen LogP contribution in [-0.2, 0) is 7.05 Å². The molecule has 6 nitrogen and oxygen atoms in total. The highest BCUT2D eigenvalue weighted by Crippen LogP contribution is 2.42. The van der Waals surface area contributed by atoms with E-state index in [1.807, 2.05) is 18.2 Å². The van der Waals surface area contributed by atoms with Crippen molar-refractivity contribution in [2.45, 2.75) is 12.8 Å². The first-order chi connectivity index (χ1) is 23.8. The van der Waals surface area contributed by atoms with E-state index in [0.717, 1.165) is 57.8 Å². The van der Waals surface area contributed by atoms with Crippen LogP contribution in [0.1, 0.15) is 18.5 Å². The van der Waals surface area contributed by atoms with Gasteiger partial charge in [-0.2, -0.15) is 4.98 Å². The zero-order valence-electron chi connectivity index (χ0n) is 26.4. The minimum Gasteiger partial charge on any atom is -0.309 e. The highest BCUT2D eigenvalue weighted by Gasteiger charge is 2.25. The zero-order chi connectivity index (χ0) is 31.8. The fourth-order valence-electron chi connectivity index (χ4n) is 7.59. The van der Waals surface area contributed by atoms with E-state index in [-0.39, 0.29) is 0 Å². The average Bonchev–Trinajstić information content (AvgIpc) is 3.79. The smallest absolute Gasteiger partial charge is 0.217 e. The van der Waals surface area contributed by atoms with E-state index in [1.165, 1.54) is 32.6 Å². The predicted molar refractivity (Wildman–Crippen MR) is 197 cm³/mol. The lowest BCUT2D eigenvalue weighted by Gasteiger charge is -2.14. The van der Waals surface area contributed by atoms with E-state index in [0.29, 0.717) is 11.5 Å². The molecule has 0 fully saturated rings. The first kappa shape index (κ1) is 26.9. The van der Waals surface area contributed by atoms with Crippen LogP contribution in [0.5, 0.6) is 0 Å². The van der Waals surface area contributed by atoms with Crippen LogP contribution < -0.4 is 0 Å². The second kappa shape index (κ2) is 10.4. The number of benzene rings is 5. The molecule has 4 heterocycles. The largest absolute Gasteiger partial charge is 0.309 e. The quantitative estimate of drug-likeness (QED) is 0.197. The summed E-state index contributed by atoms with van der Waals surface area (Å²) < 4.78 is 6.94. The van der Waals surface area contributed by atoms with Crippen molar-refractivity contribution in [3.8, 4) is 23.0 Å². The SMILES string of the molecule is Cn1c(-n2c3ccccc3c3ccc4c5ccccc5n(-c5ccccc5)c4c32)nc2nc(-c3ccccc3)nc(C3=CC=CCC3)c21. The van der Waals surface area contributed by atoms with Crippen LogP contribution in [0.25, 0.3) is 83.4 Å². The highest BCUT2D eigenvalue weighted by molar-refractivity contribution is 6.23. The molecule has 0 spiro atoms. The van der Waals surface area contributed by atoms with Crippen LogP contribution in [0.3, 0.4) is 0 Å². The summed E-state index contributed by atoms with van der Waals surface area (Å²) >= 11 is 0. The number of nitrogens with zero attached hydrogens (tertiary/aromatic N) is 6. The van der Waals surface area contributed by atoms with Gasteiger partial charge in [0.2, 0.25) is 5.95 Å². The van der Waals surface area contributed by atoms with Gasteiger partial charge in [-0.1, -0.05) is 115 Å². The third-order valence-corrected chi connectivity index (χ3v) is 9.74. The van der Waals surface area contributed by atoms with Crippen molar-refractivity contribution in [1.29, 1.82) is 0 Å². The molecule has 48 heavy (non-hydrogen) atoms. The number of aromatic nitrogens is 6. The summed E-state index contributed by atoms with van der Waals surface area (Å²) in [5.74, 6) is 1.49. The molecule has 1 aliphatic carbocycles. The van der Waals surface area contributed by atoms with Gasteiger partial charge < -0.3 is 9.13 Å². The summed E-state index contributed by atoms with van der Waals surface area (Å²) in [5.41, 5.74) is 10.4. The Kier molecular flexibility index (Phi) is 5.81. The monoisotopic (exact) mass is 618 g/mol. The summed E-state index contributed by atoms with van der Waals surface area (Å²) in [7, 11) is 2.10. The maximum Gasteiger partial charge on any atom is 0.217 e. The van der Waals surface area contributed by atoms with E-state index < -0.39 is 0 Å². The van der Waals surface area contributed by atoms with E-state index in [2.05, 4.69) is 142 Å². The number of hydrogen-bond donors (Lipinski definition) is 0. The van der Waals surface area contributed by atoms with Crippen LogP contribution in [-0.4, -0.2) is 28.7 Å². The Morgan fingerprint density at radius 2 is 1.19 bits per heavy atom. The van der Waals surface area contributed by atoms with E-state index in [4.69, 9.17) is 15.0 Å². The van der Waals surface area contributed by atoms with Crippen LogP contribution >= 0.6 is 0 Å². The van der Waals surface area contributed by atoms with Crippen molar-refractivity contribution in [2.75, 3.05) is 0 Å². The maximum atomic E-state index is 5.38. The van der Waals surface area contributed by atoms with Crippen LogP contribution in [0.4, 0.5) is 0 Å². The number of aryl methyl sites for hydroxylation is 1. The van der Waals surface area contributed by atoms with Gasteiger partial charge in [-0.15, -0.1) is 0 Å². The Hall–Kier alpha value is -6.27. The molecule has 0 saturated carbocycles. The van der Waals surface area contributed by atoms with Crippen molar-refractivity contribution < 1.29 is 0 Å². The summed E-state index contributed by atoms with van der Waals surface area (Å²) in [6.07, 6.45) is 8.44. The molecule has 10 rings (SSSR count). The molecular formula is C42H30N6. The van der Waals surface area contributed by atoms with Crippen molar-refractivity contribution in [3.63, 3.8) is 0 Å². The van der Waals surface area contributed by atoms with E-state index in [1.54, 1.807) is 0 Å². The van der Waals surface area contributed by atoms with Gasteiger partial charge in [-0.25, -0.2) is 9.97 Å². The minimum atomic E-state index is 0.687. The molecule has 0 radical (unpaired) electrons. The molecular weight excluding hydrogens is 589 g/mol. The molecule has 0 aliphatic heterocycles.